The van der Waals surface area contributed by atoms with Crippen molar-refractivity contribution < 1.29 is 27.4 Å². The normalized spacial score (nSPS) is 13.5. The van der Waals surface area contributed by atoms with E-state index in [-0.39, 0.29) is 13.2 Å². The highest BCUT2D eigenvalue weighted by Crippen LogP contribution is 2.31. The van der Waals surface area contributed by atoms with E-state index in [1.165, 1.54) is 12.1 Å². The van der Waals surface area contributed by atoms with Gasteiger partial charge in [-0.3, -0.25) is 4.79 Å². The van der Waals surface area contributed by atoms with Crippen LogP contribution in [0, 0.1) is 0 Å². The fourth-order valence-electron chi connectivity index (χ4n) is 2.29. The van der Waals surface area contributed by atoms with Gasteiger partial charge in [0.15, 0.2) is 0 Å². The molecule has 0 amide bonds. The molecule has 0 fully saturated rings. The van der Waals surface area contributed by atoms with E-state index >= 15 is 0 Å². The van der Waals surface area contributed by atoms with Gasteiger partial charge in [-0.05, 0) is 42.0 Å². The van der Waals surface area contributed by atoms with Crippen molar-refractivity contribution in [3.05, 3.63) is 64.7 Å². The lowest BCUT2D eigenvalue weighted by Crippen LogP contribution is -2.08. The minimum absolute atomic E-state index is 0.141. The van der Waals surface area contributed by atoms with Crippen LogP contribution in [0.2, 0.25) is 0 Å². The highest BCUT2D eigenvalue weighted by molar-refractivity contribution is 5.84. The van der Waals surface area contributed by atoms with Crippen LogP contribution in [0.3, 0.4) is 0 Å². The molecule has 0 N–H and O–H groups in total. The molecule has 0 aromatic heterocycles. The van der Waals surface area contributed by atoms with E-state index in [2.05, 4.69) is 0 Å². The van der Waals surface area contributed by atoms with E-state index in [0.29, 0.717) is 22.6 Å². The molecule has 0 saturated carbocycles. The van der Waals surface area contributed by atoms with Gasteiger partial charge in [0.2, 0.25) is 0 Å². The van der Waals surface area contributed by atoms with Gasteiger partial charge in [-0.15, -0.1) is 0 Å². The van der Waals surface area contributed by atoms with Crippen LogP contribution >= 0.6 is 0 Å². The van der Waals surface area contributed by atoms with Gasteiger partial charge in [0, 0.05) is 11.1 Å². The minimum Gasteiger partial charge on any atom is -0.489 e. The summed E-state index contributed by atoms with van der Waals surface area (Å²) in [4.78, 5) is 10.8. The lowest BCUT2D eigenvalue weighted by molar-refractivity contribution is -0.137. The Morgan fingerprint density at radius 1 is 1.12 bits per heavy atom. The van der Waals surface area contributed by atoms with Gasteiger partial charge in [-0.2, -0.15) is 13.2 Å². The lowest BCUT2D eigenvalue weighted by atomic mass is 10.1. The molecule has 0 unspecified atom stereocenters. The van der Waals surface area contributed by atoms with Crippen molar-refractivity contribution in [1.82, 2.24) is 0 Å². The van der Waals surface area contributed by atoms with E-state index in [1.54, 1.807) is 24.3 Å². The predicted octanol–water partition coefficient (Wildman–Crippen LogP) is 4.26. The second-order valence-electron chi connectivity index (χ2n) is 5.31. The summed E-state index contributed by atoms with van der Waals surface area (Å²) < 4.78 is 48.6. The number of alkyl halides is 3. The molecule has 3 nitrogen and oxygen atoms in total. The van der Waals surface area contributed by atoms with Gasteiger partial charge >= 0.3 is 6.18 Å². The molecule has 2 aromatic carbocycles. The van der Waals surface area contributed by atoms with Crippen LogP contribution in [0.4, 0.5) is 13.2 Å². The van der Waals surface area contributed by atoms with Crippen molar-refractivity contribution in [1.29, 1.82) is 0 Å². The molecule has 0 bridgehead atoms. The first-order valence-corrected chi connectivity index (χ1v) is 7.17. The molecule has 24 heavy (non-hydrogen) atoms. The molecule has 1 heterocycles. The largest absolute Gasteiger partial charge is 0.489 e. The number of carbonyl (C=O) groups excluding carboxylic acids is 1. The highest BCUT2D eigenvalue weighted by Gasteiger charge is 2.29. The monoisotopic (exact) mass is 334 g/mol. The maximum Gasteiger partial charge on any atom is 0.416 e. The smallest absolute Gasteiger partial charge is 0.416 e. The first-order valence-electron chi connectivity index (χ1n) is 7.17. The molecule has 0 aliphatic carbocycles. The number of aldehydes is 1. The number of ether oxygens (including phenoxy) is 2. The zero-order chi connectivity index (χ0) is 17.2. The van der Waals surface area contributed by atoms with Gasteiger partial charge in [-0.25, -0.2) is 0 Å². The van der Waals surface area contributed by atoms with E-state index in [1.807, 2.05) is 0 Å². The number of fused-ring (bicyclic) bond motifs is 1. The van der Waals surface area contributed by atoms with Crippen LogP contribution in [0.5, 0.6) is 11.5 Å². The average Bonchev–Trinajstić information content (AvgIpc) is 2.58. The third-order valence-electron chi connectivity index (χ3n) is 3.55. The van der Waals surface area contributed by atoms with Crippen molar-refractivity contribution in [2.75, 3.05) is 6.61 Å². The van der Waals surface area contributed by atoms with E-state index < -0.39 is 11.7 Å². The number of hydrogen-bond donors (Lipinski definition) is 0. The fraction of sp³-hybridized carbons (Fsp3) is 0.167. The molecule has 6 heteroatoms. The molecule has 1 aliphatic rings. The summed E-state index contributed by atoms with van der Waals surface area (Å²) in [5, 5.41) is 0. The Hall–Kier alpha value is -2.76. The minimum atomic E-state index is -4.35. The highest BCUT2D eigenvalue weighted by atomic mass is 19.4. The van der Waals surface area contributed by atoms with Crippen LogP contribution in [-0.2, 0) is 17.6 Å². The summed E-state index contributed by atoms with van der Waals surface area (Å²) in [7, 11) is 0. The Bertz CT molecular complexity index is 777. The first kappa shape index (κ1) is 16.1. The summed E-state index contributed by atoms with van der Waals surface area (Å²) in [6.07, 6.45) is -1.89. The predicted molar refractivity (Wildman–Crippen MR) is 81.8 cm³/mol. The van der Waals surface area contributed by atoms with Gasteiger partial charge in [0.1, 0.15) is 31.0 Å². The van der Waals surface area contributed by atoms with Crippen molar-refractivity contribution >= 4 is 12.4 Å². The molecular formula is C18H13F3O3. The summed E-state index contributed by atoms with van der Waals surface area (Å²) in [6, 6.07) is 9.99. The molecule has 0 saturated heterocycles. The second-order valence-corrected chi connectivity index (χ2v) is 5.31. The molecule has 0 atom stereocenters. The molecule has 2 aromatic rings. The maximum atomic E-state index is 12.5. The number of hydrogen-bond acceptors (Lipinski definition) is 3. The van der Waals surface area contributed by atoms with Gasteiger partial charge in [0.25, 0.3) is 0 Å². The Labute approximate surface area is 136 Å². The quantitative estimate of drug-likeness (QED) is 0.784. The second kappa shape index (κ2) is 6.39. The Morgan fingerprint density at radius 2 is 1.88 bits per heavy atom. The fourth-order valence-corrected chi connectivity index (χ4v) is 2.29. The molecule has 3 rings (SSSR count). The summed E-state index contributed by atoms with van der Waals surface area (Å²) >= 11 is 0. The molecule has 124 valence electrons. The Kier molecular flexibility index (Phi) is 4.29. The number of carbonyl (C=O) groups is 1. The number of rotatable bonds is 4. The maximum absolute atomic E-state index is 12.5. The van der Waals surface area contributed by atoms with Crippen LogP contribution < -0.4 is 9.47 Å². The average molecular weight is 334 g/mol. The van der Waals surface area contributed by atoms with Crippen molar-refractivity contribution in [2.24, 2.45) is 0 Å². The lowest BCUT2D eigenvalue weighted by Gasteiger charge is -2.16. The zero-order valence-corrected chi connectivity index (χ0v) is 12.5. The zero-order valence-electron chi connectivity index (χ0n) is 12.5. The van der Waals surface area contributed by atoms with E-state index in [0.717, 1.165) is 24.0 Å². The number of benzene rings is 2. The Morgan fingerprint density at radius 3 is 2.54 bits per heavy atom. The molecule has 1 aliphatic heterocycles. The summed E-state index contributed by atoms with van der Waals surface area (Å²) in [5.41, 5.74) is 1.19. The third-order valence-corrected chi connectivity index (χ3v) is 3.55. The first-order chi connectivity index (χ1) is 11.5. The van der Waals surface area contributed by atoms with Crippen LogP contribution in [-0.4, -0.2) is 12.9 Å². The standard InChI is InChI=1S/C18H13F3O3/c19-18(20,21)15-3-1-12(2-4-15)10-23-16-5-6-17-14(8-16)7-13(9-22)11-24-17/h1-9H,10-11H2. The van der Waals surface area contributed by atoms with Crippen LogP contribution in [0.25, 0.3) is 6.08 Å². The number of halogens is 3. The topological polar surface area (TPSA) is 35.5 Å². The van der Waals surface area contributed by atoms with Crippen molar-refractivity contribution in [2.45, 2.75) is 12.8 Å². The summed E-state index contributed by atoms with van der Waals surface area (Å²) in [5.74, 6) is 1.20. The SMILES string of the molecule is O=CC1=Cc2cc(OCc3ccc(C(F)(F)F)cc3)ccc2OC1. The van der Waals surface area contributed by atoms with Gasteiger partial charge in [0.05, 0.1) is 5.56 Å². The van der Waals surface area contributed by atoms with Crippen molar-refractivity contribution in [3.8, 4) is 11.5 Å². The van der Waals surface area contributed by atoms with Crippen LogP contribution in [0.15, 0.2) is 48.0 Å². The molecule has 0 radical (unpaired) electrons. The van der Waals surface area contributed by atoms with Crippen LogP contribution in [0.1, 0.15) is 16.7 Å². The Balaban J connectivity index is 1.69. The molecular weight excluding hydrogens is 321 g/mol. The van der Waals surface area contributed by atoms with E-state index in [9.17, 15) is 18.0 Å². The van der Waals surface area contributed by atoms with Gasteiger partial charge < -0.3 is 9.47 Å². The van der Waals surface area contributed by atoms with Gasteiger partial charge in [-0.1, -0.05) is 12.1 Å². The molecule has 0 spiro atoms. The van der Waals surface area contributed by atoms with E-state index in [4.69, 9.17) is 9.47 Å². The third kappa shape index (κ3) is 3.59. The van der Waals surface area contributed by atoms with Crippen molar-refractivity contribution in [3.63, 3.8) is 0 Å². The summed E-state index contributed by atoms with van der Waals surface area (Å²) in [6.45, 7) is 0.379.